The Labute approximate surface area is 270 Å². The molecule has 3 atom stereocenters. The number of para-hydroxylation sites is 1. The van der Waals surface area contributed by atoms with Crippen molar-refractivity contribution in [2.24, 2.45) is 11.8 Å². The van der Waals surface area contributed by atoms with E-state index in [-0.39, 0.29) is 49.9 Å². The number of H-pyrrole nitrogens is 1. The molecule has 0 bridgehead atoms. The second kappa shape index (κ2) is 16.6. The lowest BCUT2D eigenvalue weighted by molar-refractivity contribution is -0.150. The van der Waals surface area contributed by atoms with Crippen molar-refractivity contribution in [3.63, 3.8) is 0 Å². The Balaban J connectivity index is 1.36. The number of cyclic esters (lactones) is 1. The first-order chi connectivity index (χ1) is 22.5. The van der Waals surface area contributed by atoms with Crippen LogP contribution in [-0.2, 0) is 38.5 Å². The van der Waals surface area contributed by atoms with Crippen LogP contribution in [0.5, 0.6) is 0 Å². The van der Waals surface area contributed by atoms with E-state index in [4.69, 9.17) is 4.74 Å². The van der Waals surface area contributed by atoms with Crippen LogP contribution >= 0.6 is 0 Å². The van der Waals surface area contributed by atoms with Crippen molar-refractivity contribution in [3.05, 3.63) is 120 Å². The highest BCUT2D eigenvalue weighted by Gasteiger charge is 2.28. The van der Waals surface area contributed by atoms with Gasteiger partial charge in [0.15, 0.2) is 0 Å². The molecule has 46 heavy (non-hydrogen) atoms. The van der Waals surface area contributed by atoms with Crippen LogP contribution < -0.4 is 5.32 Å². The zero-order valence-electron chi connectivity index (χ0n) is 26.1. The average molecular weight is 622 g/mol. The Morgan fingerprint density at radius 1 is 0.870 bits per heavy atom. The lowest BCUT2D eigenvalue weighted by Gasteiger charge is -2.26. The largest absolute Gasteiger partial charge is 0.463 e. The molecule has 8 heteroatoms. The van der Waals surface area contributed by atoms with Crippen LogP contribution in [0.2, 0.25) is 0 Å². The Kier molecular flexibility index (Phi) is 11.8. The number of nitrogens with zero attached hydrogens (tertiary/aromatic N) is 1. The van der Waals surface area contributed by atoms with Crippen LogP contribution in [0.4, 0.5) is 0 Å². The van der Waals surface area contributed by atoms with E-state index in [2.05, 4.69) is 10.3 Å². The van der Waals surface area contributed by atoms with Crippen molar-refractivity contribution < 1.29 is 24.2 Å². The van der Waals surface area contributed by atoms with Crippen molar-refractivity contribution in [1.29, 1.82) is 0 Å². The standard InChI is InChI=1S/C38H43N3O5/c42-21-20-41(26-29-14-6-2-7-15-29)36(43)24-30-16-8-3-9-17-31(22-28-12-4-1-5-13-28)38(45)46-27-33(40-37(30)44)23-32-25-39-35-19-11-10-18-34(32)35/h1-8,10-15,18-19,25,30-31,33,39,42H,9,16-17,20-24,26-27H2,(H,40,44)/t30-,31-,33+/m1/s1. The summed E-state index contributed by atoms with van der Waals surface area (Å²) in [5, 5.41) is 13.9. The number of aliphatic hydroxyl groups is 1. The number of hydrogen-bond donors (Lipinski definition) is 3. The maximum atomic E-state index is 13.9. The number of allylic oxidation sites excluding steroid dienone is 2. The molecule has 1 aromatic heterocycles. The number of hydrogen-bond acceptors (Lipinski definition) is 5. The molecule has 0 unspecified atom stereocenters. The molecule has 0 saturated carbocycles. The predicted octanol–water partition coefficient (Wildman–Crippen LogP) is 5.36. The number of fused-ring (bicyclic) bond motifs is 1. The molecule has 4 aromatic rings. The number of esters is 1. The van der Waals surface area contributed by atoms with Crippen molar-refractivity contribution >= 4 is 28.7 Å². The highest BCUT2D eigenvalue weighted by atomic mass is 16.5. The van der Waals surface area contributed by atoms with Gasteiger partial charge in [0.05, 0.1) is 24.5 Å². The summed E-state index contributed by atoms with van der Waals surface area (Å²) in [7, 11) is 0. The van der Waals surface area contributed by atoms with E-state index in [1.165, 1.54) is 0 Å². The van der Waals surface area contributed by atoms with E-state index < -0.39 is 12.0 Å². The highest BCUT2D eigenvalue weighted by Crippen LogP contribution is 2.22. The molecule has 3 N–H and O–H groups in total. The minimum absolute atomic E-state index is 0.000762. The lowest BCUT2D eigenvalue weighted by Crippen LogP contribution is -2.45. The van der Waals surface area contributed by atoms with Crippen LogP contribution in [0.1, 0.15) is 42.4 Å². The molecule has 0 saturated heterocycles. The molecular weight excluding hydrogens is 578 g/mol. The molecule has 1 aliphatic rings. The fourth-order valence-corrected chi connectivity index (χ4v) is 6.05. The van der Waals surface area contributed by atoms with Gasteiger partial charge in [-0.3, -0.25) is 14.4 Å². The minimum atomic E-state index is -0.622. The van der Waals surface area contributed by atoms with Crippen molar-refractivity contribution in [1.82, 2.24) is 15.2 Å². The van der Waals surface area contributed by atoms with E-state index in [0.717, 1.165) is 27.6 Å². The number of carbonyl (C=O) groups excluding carboxylic acids is 3. The predicted molar refractivity (Wildman–Crippen MR) is 179 cm³/mol. The molecule has 0 spiro atoms. The van der Waals surface area contributed by atoms with E-state index in [1.807, 2.05) is 103 Å². The van der Waals surface area contributed by atoms with Crippen LogP contribution in [0.25, 0.3) is 10.9 Å². The number of carbonyl (C=O) groups is 3. The average Bonchev–Trinajstić information content (AvgIpc) is 3.48. The number of aromatic nitrogens is 1. The third-order valence-electron chi connectivity index (χ3n) is 8.57. The molecule has 240 valence electrons. The first kappa shape index (κ1) is 32.7. The Hall–Kier alpha value is -4.69. The van der Waals surface area contributed by atoms with Crippen LogP contribution in [0, 0.1) is 11.8 Å². The summed E-state index contributed by atoms with van der Waals surface area (Å²) in [6.45, 7) is 0.387. The van der Waals surface area contributed by atoms with Gasteiger partial charge in [0, 0.05) is 36.6 Å². The maximum absolute atomic E-state index is 13.9. The van der Waals surface area contributed by atoms with Gasteiger partial charge in [-0.1, -0.05) is 91.0 Å². The Morgan fingerprint density at radius 2 is 1.59 bits per heavy atom. The molecule has 5 rings (SSSR count). The van der Waals surface area contributed by atoms with Crippen molar-refractivity contribution in [2.75, 3.05) is 19.8 Å². The summed E-state index contributed by atoms with van der Waals surface area (Å²) in [6, 6.07) is 27.0. The maximum Gasteiger partial charge on any atom is 0.309 e. The fourth-order valence-electron chi connectivity index (χ4n) is 6.05. The molecular formula is C38H43N3O5. The van der Waals surface area contributed by atoms with Crippen LogP contribution in [-0.4, -0.2) is 58.6 Å². The van der Waals surface area contributed by atoms with Gasteiger partial charge >= 0.3 is 5.97 Å². The van der Waals surface area contributed by atoms with E-state index in [1.54, 1.807) is 4.90 Å². The summed E-state index contributed by atoms with van der Waals surface area (Å²) < 4.78 is 5.92. The Bertz CT molecular complexity index is 1600. The highest BCUT2D eigenvalue weighted by molar-refractivity contribution is 5.87. The van der Waals surface area contributed by atoms with E-state index in [0.29, 0.717) is 38.6 Å². The van der Waals surface area contributed by atoms with Gasteiger partial charge in [-0.25, -0.2) is 0 Å². The number of nitrogens with one attached hydrogen (secondary N) is 2. The molecule has 1 aliphatic heterocycles. The molecule has 2 amide bonds. The molecule has 0 aliphatic carbocycles. The zero-order valence-corrected chi connectivity index (χ0v) is 26.1. The number of ether oxygens (including phenoxy) is 1. The summed E-state index contributed by atoms with van der Waals surface area (Å²) in [5.41, 5.74) is 4.02. The van der Waals surface area contributed by atoms with Crippen molar-refractivity contribution in [3.8, 4) is 0 Å². The van der Waals surface area contributed by atoms with Crippen LogP contribution in [0.15, 0.2) is 103 Å². The number of aromatic amines is 1. The number of amides is 2. The first-order valence-corrected chi connectivity index (χ1v) is 16.1. The number of aliphatic hydroxyl groups excluding tert-OH is 1. The molecule has 2 heterocycles. The van der Waals surface area contributed by atoms with Gasteiger partial charge in [0.1, 0.15) is 6.61 Å². The summed E-state index contributed by atoms with van der Waals surface area (Å²) in [4.78, 5) is 45.7. The minimum Gasteiger partial charge on any atom is -0.463 e. The third-order valence-corrected chi connectivity index (χ3v) is 8.57. The topological polar surface area (TPSA) is 112 Å². The summed E-state index contributed by atoms with van der Waals surface area (Å²) in [5.74, 6) is -1.68. The van der Waals surface area contributed by atoms with Gasteiger partial charge in [0.2, 0.25) is 11.8 Å². The van der Waals surface area contributed by atoms with Gasteiger partial charge < -0.3 is 25.0 Å². The molecule has 0 fully saturated rings. The smallest absolute Gasteiger partial charge is 0.309 e. The second-order valence-electron chi connectivity index (χ2n) is 12.0. The quantitative estimate of drug-likeness (QED) is 0.163. The lowest BCUT2D eigenvalue weighted by atomic mass is 9.94. The molecule has 3 aromatic carbocycles. The van der Waals surface area contributed by atoms with Crippen LogP contribution in [0.3, 0.4) is 0 Å². The summed E-state index contributed by atoms with van der Waals surface area (Å²) in [6.07, 6.45) is 8.54. The SMILES string of the molecule is O=C1N[C@@H](Cc2c[nH]c3ccccc23)COC(=O)[C@@H](Cc2ccccc2)CCC=CC[C@@H]1CC(=O)N(CCO)Cc1ccccc1. The van der Waals surface area contributed by atoms with Gasteiger partial charge in [-0.05, 0) is 54.9 Å². The number of rotatable bonds is 10. The first-order valence-electron chi connectivity index (χ1n) is 16.1. The normalized spacial score (nSPS) is 19.4. The fraction of sp³-hybridized carbons (Fsp3) is 0.342. The van der Waals surface area contributed by atoms with E-state index in [9.17, 15) is 19.5 Å². The molecule has 0 radical (unpaired) electrons. The van der Waals surface area contributed by atoms with Crippen molar-refractivity contribution in [2.45, 2.75) is 51.1 Å². The van der Waals surface area contributed by atoms with Gasteiger partial charge in [0.25, 0.3) is 0 Å². The zero-order chi connectivity index (χ0) is 32.1. The molecule has 8 nitrogen and oxygen atoms in total. The van der Waals surface area contributed by atoms with E-state index >= 15 is 0 Å². The number of benzene rings is 3. The Morgan fingerprint density at radius 3 is 2.35 bits per heavy atom. The second-order valence-corrected chi connectivity index (χ2v) is 12.0. The summed E-state index contributed by atoms with van der Waals surface area (Å²) >= 11 is 0. The van der Waals surface area contributed by atoms with Gasteiger partial charge in [-0.15, -0.1) is 0 Å². The monoisotopic (exact) mass is 621 g/mol. The third kappa shape index (κ3) is 9.17. The van der Waals surface area contributed by atoms with Gasteiger partial charge in [-0.2, -0.15) is 0 Å².